The van der Waals surface area contributed by atoms with Gasteiger partial charge in [0.05, 0.1) is 6.54 Å². The number of nitrogens with zero attached hydrogens (tertiary/aromatic N) is 1. The molecule has 0 atom stereocenters. The van der Waals surface area contributed by atoms with Crippen LogP contribution in [0.5, 0.6) is 0 Å². The molecule has 18 heavy (non-hydrogen) atoms. The molecule has 5 nitrogen and oxygen atoms in total. The van der Waals surface area contributed by atoms with E-state index < -0.39 is 5.97 Å². The first kappa shape index (κ1) is 14.2. The van der Waals surface area contributed by atoms with Crippen molar-refractivity contribution in [1.82, 2.24) is 10.2 Å². The monoisotopic (exact) mass is 268 g/mol. The van der Waals surface area contributed by atoms with Gasteiger partial charge in [-0.2, -0.15) is 0 Å². The van der Waals surface area contributed by atoms with Crippen molar-refractivity contribution in [2.75, 3.05) is 13.6 Å². The predicted molar refractivity (Wildman–Crippen MR) is 71.5 cm³/mol. The lowest BCUT2D eigenvalue weighted by Gasteiger charge is -2.14. The van der Waals surface area contributed by atoms with Gasteiger partial charge in [0.1, 0.15) is 0 Å². The maximum Gasteiger partial charge on any atom is 0.328 e. The smallest absolute Gasteiger partial charge is 0.328 e. The van der Waals surface area contributed by atoms with Crippen molar-refractivity contribution in [1.29, 1.82) is 0 Å². The zero-order chi connectivity index (χ0) is 13.5. The standard InChI is InChI=1S/C12H16N2O3S/c1-3-14(2)12(17)13-7-10-6-9(8-18-10)4-5-11(15)16/h4-6,8H,3,7H2,1-2H3,(H,13,17)(H,15,16). The van der Waals surface area contributed by atoms with Crippen LogP contribution in [-0.2, 0) is 11.3 Å². The first-order valence-corrected chi connectivity index (χ1v) is 6.38. The van der Waals surface area contributed by atoms with Crippen LogP contribution in [0.2, 0.25) is 0 Å². The largest absolute Gasteiger partial charge is 0.478 e. The summed E-state index contributed by atoms with van der Waals surface area (Å²) in [6, 6.07) is 1.74. The lowest BCUT2D eigenvalue weighted by Crippen LogP contribution is -2.36. The first-order chi connectivity index (χ1) is 8.52. The molecule has 6 heteroatoms. The van der Waals surface area contributed by atoms with E-state index in [0.29, 0.717) is 13.1 Å². The maximum atomic E-state index is 11.5. The summed E-state index contributed by atoms with van der Waals surface area (Å²) in [6.07, 6.45) is 2.62. The fourth-order valence-electron chi connectivity index (χ4n) is 1.19. The van der Waals surface area contributed by atoms with Gasteiger partial charge in [-0.15, -0.1) is 11.3 Å². The van der Waals surface area contributed by atoms with E-state index in [-0.39, 0.29) is 6.03 Å². The Morgan fingerprint density at radius 2 is 2.28 bits per heavy atom. The van der Waals surface area contributed by atoms with Gasteiger partial charge in [-0.3, -0.25) is 0 Å². The van der Waals surface area contributed by atoms with Gasteiger partial charge in [-0.05, 0) is 30.0 Å². The van der Waals surface area contributed by atoms with Gasteiger partial charge in [-0.1, -0.05) is 0 Å². The summed E-state index contributed by atoms with van der Waals surface area (Å²) >= 11 is 1.49. The quantitative estimate of drug-likeness (QED) is 0.802. The van der Waals surface area contributed by atoms with Crippen LogP contribution in [0, 0.1) is 0 Å². The second-order valence-corrected chi connectivity index (χ2v) is 4.69. The summed E-state index contributed by atoms with van der Waals surface area (Å²) in [7, 11) is 1.73. The summed E-state index contributed by atoms with van der Waals surface area (Å²) < 4.78 is 0. The third-order valence-corrected chi connectivity index (χ3v) is 3.28. The Hall–Kier alpha value is -1.82. The summed E-state index contributed by atoms with van der Waals surface area (Å²) in [4.78, 5) is 24.4. The van der Waals surface area contributed by atoms with Crippen LogP contribution in [-0.4, -0.2) is 35.6 Å². The first-order valence-electron chi connectivity index (χ1n) is 5.50. The van der Waals surface area contributed by atoms with Gasteiger partial charge >= 0.3 is 12.0 Å². The molecule has 2 N–H and O–H groups in total. The lowest BCUT2D eigenvalue weighted by atomic mass is 10.3. The third-order valence-electron chi connectivity index (χ3n) is 2.33. The highest BCUT2D eigenvalue weighted by Gasteiger charge is 2.06. The molecule has 0 aliphatic heterocycles. The zero-order valence-corrected chi connectivity index (χ0v) is 11.2. The van der Waals surface area contributed by atoms with Crippen LogP contribution in [0.25, 0.3) is 6.08 Å². The van der Waals surface area contributed by atoms with Gasteiger partial charge < -0.3 is 15.3 Å². The Morgan fingerprint density at radius 3 is 2.89 bits per heavy atom. The number of amides is 2. The van der Waals surface area contributed by atoms with E-state index in [1.54, 1.807) is 11.9 Å². The predicted octanol–water partition coefficient (Wildman–Crippen LogP) is 2.01. The number of rotatable bonds is 5. The molecule has 2 amide bonds. The van der Waals surface area contributed by atoms with Gasteiger partial charge in [0, 0.05) is 24.5 Å². The molecule has 1 heterocycles. The molecule has 0 unspecified atom stereocenters. The van der Waals surface area contributed by atoms with Crippen LogP contribution in [0.3, 0.4) is 0 Å². The SMILES string of the molecule is CCN(C)C(=O)NCc1cc(C=CC(=O)O)cs1. The Morgan fingerprint density at radius 1 is 1.56 bits per heavy atom. The number of carbonyl (C=O) groups excluding carboxylic acids is 1. The van der Waals surface area contributed by atoms with Crippen molar-refractivity contribution < 1.29 is 14.7 Å². The number of aliphatic carboxylic acids is 1. The van der Waals surface area contributed by atoms with Crippen LogP contribution in [0.4, 0.5) is 4.79 Å². The van der Waals surface area contributed by atoms with Gasteiger partial charge in [0.2, 0.25) is 0 Å². The van der Waals surface area contributed by atoms with E-state index in [1.165, 1.54) is 17.4 Å². The van der Waals surface area contributed by atoms with Crippen LogP contribution in [0.15, 0.2) is 17.5 Å². The van der Waals surface area contributed by atoms with Crippen molar-refractivity contribution in [3.63, 3.8) is 0 Å². The molecule has 1 aromatic rings. The molecule has 0 aliphatic rings. The lowest BCUT2D eigenvalue weighted by molar-refractivity contribution is -0.131. The van der Waals surface area contributed by atoms with E-state index in [9.17, 15) is 9.59 Å². The number of thiophene rings is 1. The molecule has 0 saturated heterocycles. The minimum atomic E-state index is -0.972. The Kier molecular flexibility index (Phi) is 5.38. The molecule has 0 bridgehead atoms. The summed E-state index contributed by atoms with van der Waals surface area (Å²) in [5, 5.41) is 13.1. The fourth-order valence-corrected chi connectivity index (χ4v) is 1.98. The number of carbonyl (C=O) groups is 2. The van der Waals surface area contributed by atoms with Crippen molar-refractivity contribution in [2.24, 2.45) is 0 Å². The van der Waals surface area contributed by atoms with E-state index >= 15 is 0 Å². The van der Waals surface area contributed by atoms with E-state index in [2.05, 4.69) is 5.32 Å². The van der Waals surface area contributed by atoms with Crippen LogP contribution in [0.1, 0.15) is 17.4 Å². The molecule has 98 valence electrons. The normalized spacial score (nSPS) is 10.6. The molecule has 0 aliphatic carbocycles. The third kappa shape index (κ3) is 4.58. The van der Waals surface area contributed by atoms with E-state index in [1.807, 2.05) is 18.4 Å². The molecule has 0 radical (unpaired) electrons. The maximum absolute atomic E-state index is 11.5. The summed E-state index contributed by atoms with van der Waals surface area (Å²) in [5.41, 5.74) is 0.829. The molecule has 0 fully saturated rings. The van der Waals surface area contributed by atoms with E-state index in [0.717, 1.165) is 16.5 Å². The molecule has 1 aromatic heterocycles. The second kappa shape index (κ2) is 6.80. The van der Waals surface area contributed by atoms with E-state index in [4.69, 9.17) is 5.11 Å². The van der Waals surface area contributed by atoms with Crippen molar-refractivity contribution in [3.05, 3.63) is 28.0 Å². The van der Waals surface area contributed by atoms with Gasteiger partial charge in [0.25, 0.3) is 0 Å². The number of urea groups is 1. The highest BCUT2D eigenvalue weighted by Crippen LogP contribution is 2.15. The van der Waals surface area contributed by atoms with Crippen LogP contribution >= 0.6 is 11.3 Å². The molecule has 0 spiro atoms. The highest BCUT2D eigenvalue weighted by molar-refractivity contribution is 7.10. The fraction of sp³-hybridized carbons (Fsp3) is 0.333. The van der Waals surface area contributed by atoms with Crippen LogP contribution < -0.4 is 5.32 Å². The van der Waals surface area contributed by atoms with Crippen molar-refractivity contribution in [2.45, 2.75) is 13.5 Å². The zero-order valence-electron chi connectivity index (χ0n) is 10.3. The second-order valence-electron chi connectivity index (χ2n) is 3.69. The van der Waals surface area contributed by atoms with Crippen molar-refractivity contribution in [3.8, 4) is 0 Å². The highest BCUT2D eigenvalue weighted by atomic mass is 32.1. The molecular formula is C12H16N2O3S. The Bertz CT molecular complexity index is 454. The van der Waals surface area contributed by atoms with Crippen molar-refractivity contribution >= 4 is 29.4 Å². The van der Waals surface area contributed by atoms with Gasteiger partial charge in [0.15, 0.2) is 0 Å². The number of nitrogens with one attached hydrogen (secondary N) is 1. The Labute approximate surface area is 110 Å². The number of hydrogen-bond donors (Lipinski definition) is 2. The number of hydrogen-bond acceptors (Lipinski definition) is 3. The Balaban J connectivity index is 2.49. The number of carboxylic acids is 1. The minimum absolute atomic E-state index is 0.117. The average molecular weight is 268 g/mol. The van der Waals surface area contributed by atoms with Gasteiger partial charge in [-0.25, -0.2) is 9.59 Å². The molecule has 1 rings (SSSR count). The molecule has 0 saturated carbocycles. The minimum Gasteiger partial charge on any atom is -0.478 e. The summed E-state index contributed by atoms with van der Waals surface area (Å²) in [5.74, 6) is -0.972. The number of carboxylic acid groups (broad SMARTS) is 1. The molecule has 0 aromatic carbocycles. The molecular weight excluding hydrogens is 252 g/mol. The summed E-state index contributed by atoms with van der Waals surface area (Å²) in [6.45, 7) is 3.01. The topological polar surface area (TPSA) is 69.6 Å². The average Bonchev–Trinajstić information content (AvgIpc) is 2.80.